The van der Waals surface area contributed by atoms with Crippen LogP contribution in [0.2, 0.25) is 0 Å². The van der Waals surface area contributed by atoms with Gasteiger partial charge < -0.3 is 10.1 Å². The number of benzene rings is 1. The lowest BCUT2D eigenvalue weighted by Gasteiger charge is -2.10. The van der Waals surface area contributed by atoms with Gasteiger partial charge in [0.2, 0.25) is 0 Å². The Balaban J connectivity index is 2.02. The molecule has 1 atom stereocenters. The molecule has 0 aromatic heterocycles. The van der Waals surface area contributed by atoms with Crippen LogP contribution in [0.1, 0.15) is 24.0 Å². The van der Waals surface area contributed by atoms with Crippen LogP contribution in [0.15, 0.2) is 29.8 Å². The van der Waals surface area contributed by atoms with Crippen molar-refractivity contribution in [1.82, 2.24) is 5.32 Å². The second-order valence-electron chi connectivity index (χ2n) is 5.13. The molecule has 1 heterocycles. The summed E-state index contributed by atoms with van der Waals surface area (Å²) in [6.45, 7) is 0.970. The first kappa shape index (κ1) is 17.0. The van der Waals surface area contributed by atoms with Gasteiger partial charge in [-0.15, -0.1) is 0 Å². The average molecular weight is 324 g/mol. The van der Waals surface area contributed by atoms with Crippen molar-refractivity contribution in [2.24, 2.45) is 0 Å². The fraction of sp³-hybridized carbons (Fsp3) is 0.375. The zero-order chi connectivity index (χ0) is 16.9. The molecule has 4 nitrogen and oxygen atoms in total. The number of halogens is 3. The van der Waals surface area contributed by atoms with Gasteiger partial charge in [-0.2, -0.15) is 18.4 Å². The molecular formula is C16H15F3N2O2. The standard InChI is InChI=1S/C16H15F3N2O2/c17-16(18,19)13-5-3-11(4-6-13)8-12(9-20)15(22)21-10-14-2-1-7-23-14/h3-6,8,14H,1-2,7,10H2,(H,21,22)/b12-8+/t14-/m1/s1. The van der Waals surface area contributed by atoms with E-state index in [0.29, 0.717) is 18.7 Å². The van der Waals surface area contributed by atoms with Crippen LogP contribution < -0.4 is 5.32 Å². The van der Waals surface area contributed by atoms with Gasteiger partial charge in [-0.05, 0) is 36.6 Å². The number of nitriles is 1. The first-order chi connectivity index (χ1) is 10.9. The Kier molecular flexibility index (Phi) is 5.40. The van der Waals surface area contributed by atoms with E-state index in [-0.39, 0.29) is 11.7 Å². The van der Waals surface area contributed by atoms with Crippen LogP contribution in [-0.4, -0.2) is 25.2 Å². The molecule has 1 aliphatic heterocycles. The van der Waals surface area contributed by atoms with Gasteiger partial charge in [-0.1, -0.05) is 12.1 Å². The van der Waals surface area contributed by atoms with Crippen LogP contribution in [0.3, 0.4) is 0 Å². The minimum atomic E-state index is -4.42. The summed E-state index contributed by atoms with van der Waals surface area (Å²) in [5, 5.41) is 11.6. The van der Waals surface area contributed by atoms with Crippen LogP contribution in [0.5, 0.6) is 0 Å². The summed E-state index contributed by atoms with van der Waals surface area (Å²) in [4.78, 5) is 11.9. The molecule has 1 aromatic carbocycles. The minimum absolute atomic E-state index is 0.0510. The smallest absolute Gasteiger partial charge is 0.376 e. The highest BCUT2D eigenvalue weighted by Crippen LogP contribution is 2.29. The van der Waals surface area contributed by atoms with Crippen molar-refractivity contribution in [1.29, 1.82) is 5.26 Å². The van der Waals surface area contributed by atoms with Crippen LogP contribution in [0.4, 0.5) is 13.2 Å². The van der Waals surface area contributed by atoms with Gasteiger partial charge in [-0.25, -0.2) is 0 Å². The summed E-state index contributed by atoms with van der Waals surface area (Å²) in [5.74, 6) is -0.567. The maximum absolute atomic E-state index is 12.5. The molecule has 122 valence electrons. The molecule has 0 aliphatic carbocycles. The summed E-state index contributed by atoms with van der Waals surface area (Å²) in [7, 11) is 0. The number of hydrogen-bond acceptors (Lipinski definition) is 3. The normalized spacial score (nSPS) is 18.5. The molecule has 0 bridgehead atoms. The quantitative estimate of drug-likeness (QED) is 0.684. The largest absolute Gasteiger partial charge is 0.416 e. The molecule has 1 saturated heterocycles. The highest BCUT2D eigenvalue weighted by molar-refractivity contribution is 6.01. The van der Waals surface area contributed by atoms with Gasteiger partial charge in [0.15, 0.2) is 0 Å². The van der Waals surface area contributed by atoms with E-state index in [1.54, 1.807) is 6.07 Å². The molecule has 1 fully saturated rings. The molecule has 1 aliphatic rings. The summed E-state index contributed by atoms with van der Waals surface area (Å²) in [6.07, 6.45) is -1.42. The van der Waals surface area contributed by atoms with Crippen molar-refractivity contribution < 1.29 is 22.7 Å². The monoisotopic (exact) mass is 324 g/mol. The summed E-state index contributed by atoms with van der Waals surface area (Å²) in [5.41, 5.74) is -0.597. The molecule has 0 spiro atoms. The minimum Gasteiger partial charge on any atom is -0.376 e. The fourth-order valence-corrected chi connectivity index (χ4v) is 2.19. The third-order valence-corrected chi connectivity index (χ3v) is 3.43. The molecular weight excluding hydrogens is 309 g/mol. The predicted octanol–water partition coefficient (Wildman–Crippen LogP) is 2.91. The Morgan fingerprint density at radius 2 is 2.09 bits per heavy atom. The Bertz CT molecular complexity index is 624. The van der Waals surface area contributed by atoms with Crippen molar-refractivity contribution in [3.63, 3.8) is 0 Å². The highest BCUT2D eigenvalue weighted by Gasteiger charge is 2.29. The number of alkyl halides is 3. The summed E-state index contributed by atoms with van der Waals surface area (Å²) >= 11 is 0. The maximum Gasteiger partial charge on any atom is 0.416 e. The Morgan fingerprint density at radius 1 is 1.39 bits per heavy atom. The number of hydrogen-bond donors (Lipinski definition) is 1. The molecule has 7 heteroatoms. The number of carbonyl (C=O) groups is 1. The van der Waals surface area contributed by atoms with E-state index in [0.717, 1.165) is 25.0 Å². The summed E-state index contributed by atoms with van der Waals surface area (Å²) in [6, 6.07) is 6.00. The number of ether oxygens (including phenoxy) is 1. The van der Waals surface area contributed by atoms with Gasteiger partial charge in [0.05, 0.1) is 11.7 Å². The maximum atomic E-state index is 12.5. The van der Waals surface area contributed by atoms with E-state index in [1.807, 2.05) is 0 Å². The van der Waals surface area contributed by atoms with Crippen molar-refractivity contribution in [3.05, 3.63) is 41.0 Å². The van der Waals surface area contributed by atoms with E-state index in [2.05, 4.69) is 5.32 Å². The highest BCUT2D eigenvalue weighted by atomic mass is 19.4. The van der Waals surface area contributed by atoms with Crippen LogP contribution >= 0.6 is 0 Å². The fourth-order valence-electron chi connectivity index (χ4n) is 2.19. The predicted molar refractivity (Wildman–Crippen MR) is 77.0 cm³/mol. The SMILES string of the molecule is N#C/C(=C\c1ccc(C(F)(F)F)cc1)C(=O)NC[C@H]1CCCO1. The third-order valence-electron chi connectivity index (χ3n) is 3.43. The zero-order valence-electron chi connectivity index (χ0n) is 12.2. The first-order valence-corrected chi connectivity index (χ1v) is 7.09. The van der Waals surface area contributed by atoms with Gasteiger partial charge in [-0.3, -0.25) is 4.79 Å². The average Bonchev–Trinajstić information content (AvgIpc) is 3.03. The lowest BCUT2D eigenvalue weighted by atomic mass is 10.1. The second-order valence-corrected chi connectivity index (χ2v) is 5.13. The molecule has 0 radical (unpaired) electrons. The molecule has 0 unspecified atom stereocenters. The van der Waals surface area contributed by atoms with Crippen molar-refractivity contribution in [2.75, 3.05) is 13.2 Å². The van der Waals surface area contributed by atoms with Gasteiger partial charge >= 0.3 is 6.18 Å². The van der Waals surface area contributed by atoms with Crippen LogP contribution in [-0.2, 0) is 15.7 Å². The second kappa shape index (κ2) is 7.29. The molecule has 23 heavy (non-hydrogen) atoms. The molecule has 0 saturated carbocycles. The van der Waals surface area contributed by atoms with Gasteiger partial charge in [0.25, 0.3) is 5.91 Å². The summed E-state index contributed by atoms with van der Waals surface area (Å²) < 4.78 is 42.8. The lowest BCUT2D eigenvalue weighted by Crippen LogP contribution is -2.32. The Hall–Kier alpha value is -2.33. The van der Waals surface area contributed by atoms with Crippen LogP contribution in [0.25, 0.3) is 6.08 Å². The van der Waals surface area contributed by atoms with Crippen molar-refractivity contribution >= 4 is 12.0 Å². The van der Waals surface area contributed by atoms with E-state index in [9.17, 15) is 18.0 Å². The van der Waals surface area contributed by atoms with Crippen LogP contribution in [0, 0.1) is 11.3 Å². The lowest BCUT2D eigenvalue weighted by molar-refractivity contribution is -0.137. The van der Waals surface area contributed by atoms with E-state index in [4.69, 9.17) is 10.00 Å². The van der Waals surface area contributed by atoms with Crippen molar-refractivity contribution in [2.45, 2.75) is 25.1 Å². The number of carbonyl (C=O) groups excluding carboxylic acids is 1. The van der Waals surface area contributed by atoms with Gasteiger partial charge in [0, 0.05) is 13.2 Å². The van der Waals surface area contributed by atoms with E-state index in [1.165, 1.54) is 18.2 Å². The molecule has 1 N–H and O–H groups in total. The molecule has 2 rings (SSSR count). The molecule has 1 aromatic rings. The number of nitrogens with zero attached hydrogens (tertiary/aromatic N) is 1. The van der Waals surface area contributed by atoms with Crippen molar-refractivity contribution in [3.8, 4) is 6.07 Å². The first-order valence-electron chi connectivity index (χ1n) is 7.09. The topological polar surface area (TPSA) is 62.1 Å². The van der Waals surface area contributed by atoms with Gasteiger partial charge in [0.1, 0.15) is 11.6 Å². The molecule has 1 amide bonds. The zero-order valence-corrected chi connectivity index (χ0v) is 12.2. The number of nitrogens with one attached hydrogen (secondary N) is 1. The Labute approximate surface area is 131 Å². The third kappa shape index (κ3) is 4.83. The van der Waals surface area contributed by atoms with E-state index < -0.39 is 17.6 Å². The number of amides is 1. The number of rotatable bonds is 4. The Morgan fingerprint density at radius 3 is 2.61 bits per heavy atom. The van der Waals surface area contributed by atoms with E-state index >= 15 is 0 Å².